The van der Waals surface area contributed by atoms with Gasteiger partial charge in [-0.25, -0.2) is 22.7 Å². The molecular weight excluding hydrogens is 378 g/mol. The van der Waals surface area contributed by atoms with Gasteiger partial charge in [-0.2, -0.15) is 4.98 Å². The molecule has 0 fully saturated rings. The molecule has 10 nitrogen and oxygen atoms in total. The van der Waals surface area contributed by atoms with Crippen LogP contribution in [0, 0.1) is 0 Å². The molecule has 2 N–H and O–H groups in total. The number of pyridine rings is 1. The quantitative estimate of drug-likeness (QED) is 0.699. The first-order valence-corrected chi connectivity index (χ1v) is 8.66. The van der Waals surface area contributed by atoms with Crippen molar-refractivity contribution < 1.29 is 35.0 Å². The van der Waals surface area contributed by atoms with Gasteiger partial charge in [0.15, 0.2) is 0 Å². The SMILES string of the molecule is [2H]COc1cc(NC(=O)NS(=O)(=O)c2ccccc2C(=O)OC)nc(OC[2H])c1. The fraction of sp³-hybridized carbons (Fsp3) is 0.188. The first kappa shape index (κ1) is 17.1. The molecule has 2 amide bonds. The second kappa shape index (κ2) is 8.36. The summed E-state index contributed by atoms with van der Waals surface area (Å²) in [5.41, 5.74) is -0.245. The van der Waals surface area contributed by atoms with E-state index in [0.717, 1.165) is 13.2 Å². The van der Waals surface area contributed by atoms with Crippen molar-refractivity contribution in [2.75, 3.05) is 26.6 Å². The highest BCUT2D eigenvalue weighted by atomic mass is 32.2. The molecular formula is C16H17N3O7S. The van der Waals surface area contributed by atoms with Gasteiger partial charge in [-0.1, -0.05) is 12.1 Å². The molecule has 0 aliphatic heterocycles. The number of urea groups is 1. The smallest absolute Gasteiger partial charge is 0.339 e. The van der Waals surface area contributed by atoms with Gasteiger partial charge in [-0.3, -0.25) is 5.32 Å². The lowest BCUT2D eigenvalue weighted by Gasteiger charge is -2.12. The zero-order valence-electron chi connectivity index (χ0n) is 16.1. The normalized spacial score (nSPS) is 11.6. The van der Waals surface area contributed by atoms with Crippen molar-refractivity contribution in [3.63, 3.8) is 0 Å². The van der Waals surface area contributed by atoms with Gasteiger partial charge in [0.25, 0.3) is 10.0 Å². The van der Waals surface area contributed by atoms with E-state index in [-0.39, 0.29) is 23.0 Å². The van der Waals surface area contributed by atoms with Crippen molar-refractivity contribution in [1.82, 2.24) is 9.71 Å². The average molecular weight is 397 g/mol. The Balaban J connectivity index is 2.24. The molecule has 0 aliphatic rings. The second-order valence-electron chi connectivity index (χ2n) is 4.86. The fourth-order valence-corrected chi connectivity index (χ4v) is 3.10. The summed E-state index contributed by atoms with van der Waals surface area (Å²) in [5.74, 6) is -0.980. The number of hydrogen-bond donors (Lipinski definition) is 2. The largest absolute Gasteiger partial charge is 0.496 e. The minimum Gasteiger partial charge on any atom is -0.496 e. The molecule has 0 spiro atoms. The first-order chi connectivity index (χ1) is 13.8. The number of hydrogen-bond acceptors (Lipinski definition) is 8. The van der Waals surface area contributed by atoms with E-state index in [1.165, 1.54) is 30.3 Å². The molecule has 27 heavy (non-hydrogen) atoms. The van der Waals surface area contributed by atoms with Gasteiger partial charge in [-0.05, 0) is 12.1 Å². The van der Waals surface area contributed by atoms with E-state index < -0.39 is 41.1 Å². The van der Waals surface area contributed by atoms with E-state index in [4.69, 9.17) is 12.2 Å². The Morgan fingerprint density at radius 2 is 1.89 bits per heavy atom. The van der Waals surface area contributed by atoms with Gasteiger partial charge in [0.2, 0.25) is 5.88 Å². The number of anilines is 1. The van der Waals surface area contributed by atoms with Crippen molar-refractivity contribution in [2.24, 2.45) is 0 Å². The van der Waals surface area contributed by atoms with Crippen LogP contribution in [-0.4, -0.2) is 46.7 Å². The topological polar surface area (TPSA) is 133 Å². The molecule has 0 bridgehead atoms. The summed E-state index contributed by atoms with van der Waals surface area (Å²) >= 11 is 0. The minimum absolute atomic E-state index is 0.0693. The highest BCUT2D eigenvalue weighted by Gasteiger charge is 2.24. The van der Waals surface area contributed by atoms with Gasteiger partial charge in [0.1, 0.15) is 16.5 Å². The summed E-state index contributed by atoms with van der Waals surface area (Å²) < 4.78 is 55.4. The van der Waals surface area contributed by atoms with Crippen LogP contribution in [0.2, 0.25) is 0 Å². The lowest BCUT2D eigenvalue weighted by atomic mass is 10.2. The number of nitrogens with one attached hydrogen (secondary N) is 2. The predicted octanol–water partition coefficient (Wildman–Crippen LogP) is 1.40. The average Bonchev–Trinajstić information content (AvgIpc) is 2.67. The number of amides is 2. The summed E-state index contributed by atoms with van der Waals surface area (Å²) in [6.45, 7) is 0. The number of nitrogens with zero attached hydrogens (tertiary/aromatic N) is 1. The number of rotatable bonds is 6. The first-order valence-electron chi connectivity index (χ1n) is 8.59. The van der Waals surface area contributed by atoms with Gasteiger partial charge in [-0.15, -0.1) is 0 Å². The van der Waals surface area contributed by atoms with E-state index in [1.54, 1.807) is 4.72 Å². The van der Waals surface area contributed by atoms with Crippen molar-refractivity contribution >= 4 is 27.8 Å². The molecule has 2 aromatic rings. The van der Waals surface area contributed by atoms with Crippen LogP contribution in [0.1, 0.15) is 13.1 Å². The molecule has 2 rings (SSSR count). The highest BCUT2D eigenvalue weighted by Crippen LogP contribution is 2.22. The Morgan fingerprint density at radius 3 is 2.59 bits per heavy atom. The fourth-order valence-electron chi connectivity index (χ4n) is 2.00. The lowest BCUT2D eigenvalue weighted by Crippen LogP contribution is -2.35. The Bertz CT molecular complexity index is 978. The molecule has 0 saturated heterocycles. The van der Waals surface area contributed by atoms with Crippen LogP contribution in [-0.2, 0) is 14.8 Å². The summed E-state index contributed by atoms with van der Waals surface area (Å²) in [6, 6.07) is 6.58. The van der Waals surface area contributed by atoms with Crippen molar-refractivity contribution in [2.45, 2.75) is 4.90 Å². The number of aromatic nitrogens is 1. The molecule has 1 aromatic heterocycles. The number of ether oxygens (including phenoxy) is 3. The molecule has 144 valence electrons. The third-order valence-electron chi connectivity index (χ3n) is 3.14. The van der Waals surface area contributed by atoms with Crippen LogP contribution in [0.25, 0.3) is 0 Å². The summed E-state index contributed by atoms with van der Waals surface area (Å²) in [7, 11) is -4.20. The van der Waals surface area contributed by atoms with E-state index >= 15 is 0 Å². The highest BCUT2D eigenvalue weighted by molar-refractivity contribution is 7.90. The van der Waals surface area contributed by atoms with E-state index in [2.05, 4.69) is 15.0 Å². The van der Waals surface area contributed by atoms with E-state index in [9.17, 15) is 18.0 Å². The summed E-state index contributed by atoms with van der Waals surface area (Å²) in [4.78, 5) is 27.4. The third-order valence-corrected chi connectivity index (χ3v) is 4.53. The van der Waals surface area contributed by atoms with E-state index in [0.29, 0.717) is 0 Å². The zero-order valence-corrected chi connectivity index (χ0v) is 14.9. The maximum Gasteiger partial charge on any atom is 0.339 e. The van der Waals surface area contributed by atoms with Crippen molar-refractivity contribution in [3.05, 3.63) is 42.0 Å². The maximum atomic E-state index is 12.5. The molecule has 0 unspecified atom stereocenters. The number of methoxy groups -OCH3 is 3. The summed E-state index contributed by atoms with van der Waals surface area (Å²) in [6.07, 6.45) is 0. The zero-order chi connectivity index (χ0) is 21.4. The number of carbonyl (C=O) groups is 2. The summed E-state index contributed by atoms with van der Waals surface area (Å²) in [5, 5.41) is 2.19. The van der Waals surface area contributed by atoms with Crippen LogP contribution in [0.3, 0.4) is 0 Å². The predicted molar refractivity (Wildman–Crippen MR) is 94.5 cm³/mol. The van der Waals surface area contributed by atoms with Crippen LogP contribution in [0.4, 0.5) is 10.6 Å². The van der Waals surface area contributed by atoms with Gasteiger partial charge < -0.3 is 14.2 Å². The molecule has 0 saturated carbocycles. The standard InChI is InChI=1S/C16H17N3O7S/c1-24-10-8-13(17-14(9-10)25-2)18-16(21)19-27(22,23)12-7-5-4-6-11(12)15(20)26-3/h4-9H,1-3H3,(H2,17,18,19,21)/i1D,2D. The Hall–Kier alpha value is -3.34. The molecule has 0 radical (unpaired) electrons. The molecule has 11 heteroatoms. The Kier molecular flexibility index (Phi) is 5.29. The van der Waals surface area contributed by atoms with Crippen molar-refractivity contribution in [1.29, 1.82) is 0 Å². The number of carbonyl (C=O) groups excluding carboxylic acids is 2. The van der Waals surface area contributed by atoms with Crippen LogP contribution < -0.4 is 19.5 Å². The lowest BCUT2D eigenvalue weighted by molar-refractivity contribution is 0.0596. The molecule has 0 aliphatic carbocycles. The molecule has 0 atom stereocenters. The van der Waals surface area contributed by atoms with Crippen LogP contribution in [0.15, 0.2) is 41.3 Å². The Labute approximate surface area is 158 Å². The van der Waals surface area contributed by atoms with Crippen LogP contribution in [0.5, 0.6) is 11.6 Å². The second-order valence-corrected chi connectivity index (χ2v) is 6.51. The van der Waals surface area contributed by atoms with E-state index in [1.807, 2.05) is 0 Å². The van der Waals surface area contributed by atoms with Crippen molar-refractivity contribution in [3.8, 4) is 11.6 Å². The number of sulfonamides is 1. The van der Waals surface area contributed by atoms with Gasteiger partial charge in [0, 0.05) is 12.1 Å². The maximum absolute atomic E-state index is 12.5. The van der Waals surface area contributed by atoms with Crippen LogP contribution >= 0.6 is 0 Å². The molecule has 1 heterocycles. The third kappa shape index (κ3) is 4.85. The monoisotopic (exact) mass is 397 g/mol. The minimum atomic E-state index is -4.42. The van der Waals surface area contributed by atoms with Gasteiger partial charge in [0.05, 0.1) is 29.6 Å². The number of esters is 1. The Morgan fingerprint density at radius 1 is 1.15 bits per heavy atom. The van der Waals surface area contributed by atoms with Gasteiger partial charge >= 0.3 is 12.0 Å². The molecule has 1 aromatic carbocycles. The number of benzene rings is 1.